The lowest BCUT2D eigenvalue weighted by atomic mass is 10.2. The van der Waals surface area contributed by atoms with Crippen LogP contribution in [0, 0.1) is 22.7 Å². The Morgan fingerprint density at radius 3 is 1.67 bits per heavy atom. The van der Waals surface area contributed by atoms with Gasteiger partial charge in [0, 0.05) is 0 Å². The van der Waals surface area contributed by atoms with E-state index in [9.17, 15) is 0 Å². The van der Waals surface area contributed by atoms with Gasteiger partial charge in [-0.15, -0.1) is 0 Å². The van der Waals surface area contributed by atoms with Crippen molar-refractivity contribution in [2.24, 2.45) is 0 Å². The van der Waals surface area contributed by atoms with Crippen LogP contribution in [0.1, 0.15) is 12.8 Å². The molecule has 0 aliphatic carbocycles. The van der Waals surface area contributed by atoms with E-state index in [1.165, 1.54) is 0 Å². The summed E-state index contributed by atoms with van der Waals surface area (Å²) in [6, 6.07) is 4.03. The fourth-order valence-corrected chi connectivity index (χ4v) is 1.02. The van der Waals surface area contributed by atoms with E-state index in [2.05, 4.69) is 0 Å². The average molecular weight is 166 g/mol. The second kappa shape index (κ2) is 4.71. The lowest BCUT2D eigenvalue weighted by molar-refractivity contribution is -0.128. The van der Waals surface area contributed by atoms with Crippen LogP contribution in [-0.2, 0) is 9.47 Å². The molecule has 0 aromatic carbocycles. The molecule has 12 heavy (non-hydrogen) atoms. The molecule has 1 heterocycles. The van der Waals surface area contributed by atoms with E-state index in [1.54, 1.807) is 0 Å². The zero-order valence-electron chi connectivity index (χ0n) is 6.69. The van der Waals surface area contributed by atoms with E-state index in [4.69, 9.17) is 20.0 Å². The van der Waals surface area contributed by atoms with Gasteiger partial charge in [0.15, 0.2) is 0 Å². The van der Waals surface area contributed by atoms with Crippen LogP contribution in [-0.4, -0.2) is 25.4 Å². The van der Waals surface area contributed by atoms with Gasteiger partial charge >= 0.3 is 0 Å². The first-order valence-corrected chi connectivity index (χ1v) is 3.84. The highest BCUT2D eigenvalue weighted by Gasteiger charge is 2.21. The fourth-order valence-electron chi connectivity index (χ4n) is 1.02. The number of hydrogen-bond donors (Lipinski definition) is 0. The molecule has 64 valence electrons. The highest BCUT2D eigenvalue weighted by molar-refractivity contribution is 4.82. The van der Waals surface area contributed by atoms with E-state index in [0.29, 0.717) is 26.1 Å². The van der Waals surface area contributed by atoms with Crippen molar-refractivity contribution in [1.82, 2.24) is 0 Å². The summed E-state index contributed by atoms with van der Waals surface area (Å²) in [6.07, 6.45) is 0.508. The molecule has 4 heteroatoms. The van der Waals surface area contributed by atoms with Crippen molar-refractivity contribution in [1.29, 1.82) is 10.5 Å². The van der Waals surface area contributed by atoms with Gasteiger partial charge in [0.05, 0.1) is 50.4 Å². The standard InChI is InChI=1S/C8H10N2O2/c9-3-1-7-5-12-8(2-4-10)6-11-7/h7-8H,1-2,5-6H2/t7-,8+. The van der Waals surface area contributed by atoms with Crippen molar-refractivity contribution in [3.63, 3.8) is 0 Å². The molecule has 1 aliphatic rings. The highest BCUT2D eigenvalue weighted by atomic mass is 16.6. The maximum absolute atomic E-state index is 8.35. The lowest BCUT2D eigenvalue weighted by Gasteiger charge is -2.26. The van der Waals surface area contributed by atoms with Gasteiger partial charge in [-0.05, 0) is 0 Å². The van der Waals surface area contributed by atoms with Crippen molar-refractivity contribution in [2.75, 3.05) is 13.2 Å². The minimum Gasteiger partial charge on any atom is -0.372 e. The molecule has 0 bridgehead atoms. The highest BCUT2D eigenvalue weighted by Crippen LogP contribution is 2.11. The van der Waals surface area contributed by atoms with E-state index < -0.39 is 0 Å². The Labute approximate surface area is 71.3 Å². The zero-order valence-corrected chi connectivity index (χ0v) is 6.69. The third kappa shape index (κ3) is 2.50. The maximum atomic E-state index is 8.35. The molecule has 0 aromatic rings. The van der Waals surface area contributed by atoms with Gasteiger partial charge in [0.25, 0.3) is 0 Å². The Morgan fingerprint density at radius 1 is 1.00 bits per heavy atom. The van der Waals surface area contributed by atoms with Gasteiger partial charge < -0.3 is 9.47 Å². The summed E-state index contributed by atoms with van der Waals surface area (Å²) in [7, 11) is 0. The molecule has 1 aliphatic heterocycles. The minimum atomic E-state index is -0.107. The van der Waals surface area contributed by atoms with E-state index in [-0.39, 0.29) is 12.2 Å². The van der Waals surface area contributed by atoms with Gasteiger partial charge in [-0.1, -0.05) is 0 Å². The third-order valence-electron chi connectivity index (χ3n) is 1.67. The molecule has 1 fully saturated rings. The molecular weight excluding hydrogens is 156 g/mol. The van der Waals surface area contributed by atoms with Crippen molar-refractivity contribution < 1.29 is 9.47 Å². The van der Waals surface area contributed by atoms with Crippen molar-refractivity contribution in [2.45, 2.75) is 25.0 Å². The van der Waals surface area contributed by atoms with Crippen molar-refractivity contribution in [3.8, 4) is 12.1 Å². The maximum Gasteiger partial charge on any atom is 0.0939 e. The summed E-state index contributed by atoms with van der Waals surface area (Å²) in [6.45, 7) is 0.861. The Bertz CT molecular complexity index is 184. The molecular formula is C8H10N2O2. The van der Waals surface area contributed by atoms with Crippen LogP contribution in [0.5, 0.6) is 0 Å². The first kappa shape index (κ1) is 8.99. The average Bonchev–Trinajstić information content (AvgIpc) is 2.09. The fraction of sp³-hybridized carbons (Fsp3) is 0.750. The largest absolute Gasteiger partial charge is 0.372 e. The smallest absolute Gasteiger partial charge is 0.0939 e. The number of rotatable bonds is 2. The number of nitrogens with zero attached hydrogens (tertiary/aromatic N) is 2. The Morgan fingerprint density at radius 2 is 1.42 bits per heavy atom. The Kier molecular flexibility index (Phi) is 3.53. The van der Waals surface area contributed by atoms with Crippen LogP contribution in [0.4, 0.5) is 0 Å². The summed E-state index contributed by atoms with van der Waals surface area (Å²) in [5, 5.41) is 16.7. The molecule has 1 saturated heterocycles. The zero-order chi connectivity index (χ0) is 8.81. The number of ether oxygens (including phenoxy) is 2. The summed E-state index contributed by atoms with van der Waals surface area (Å²) < 4.78 is 10.6. The molecule has 0 spiro atoms. The number of nitriles is 2. The van der Waals surface area contributed by atoms with Gasteiger partial charge in [-0.3, -0.25) is 0 Å². The van der Waals surface area contributed by atoms with Crippen molar-refractivity contribution in [3.05, 3.63) is 0 Å². The Balaban J connectivity index is 2.22. The van der Waals surface area contributed by atoms with E-state index >= 15 is 0 Å². The molecule has 2 atom stereocenters. The molecule has 0 saturated carbocycles. The molecule has 4 nitrogen and oxygen atoms in total. The van der Waals surface area contributed by atoms with Crippen LogP contribution in [0.2, 0.25) is 0 Å². The predicted octanol–water partition coefficient (Wildman–Crippen LogP) is 0.598. The summed E-state index contributed by atoms with van der Waals surface area (Å²) in [4.78, 5) is 0. The first-order chi connectivity index (χ1) is 5.86. The van der Waals surface area contributed by atoms with Gasteiger partial charge in [0.1, 0.15) is 0 Å². The normalized spacial score (nSPS) is 28.8. The number of hydrogen-bond acceptors (Lipinski definition) is 4. The molecule has 0 aromatic heterocycles. The Hall–Kier alpha value is -1.10. The van der Waals surface area contributed by atoms with Crippen LogP contribution in [0.15, 0.2) is 0 Å². The summed E-state index contributed by atoms with van der Waals surface area (Å²) >= 11 is 0. The van der Waals surface area contributed by atoms with E-state index in [1.807, 2.05) is 12.1 Å². The van der Waals surface area contributed by atoms with Crippen LogP contribution < -0.4 is 0 Å². The topological polar surface area (TPSA) is 66.0 Å². The lowest BCUT2D eigenvalue weighted by Crippen LogP contribution is -2.35. The van der Waals surface area contributed by atoms with Gasteiger partial charge in [0.2, 0.25) is 0 Å². The second-order valence-corrected chi connectivity index (χ2v) is 2.64. The van der Waals surface area contributed by atoms with Gasteiger partial charge in [-0.2, -0.15) is 10.5 Å². The quantitative estimate of drug-likeness (QED) is 0.602. The molecule has 0 amide bonds. The molecule has 0 unspecified atom stereocenters. The molecule has 0 radical (unpaired) electrons. The van der Waals surface area contributed by atoms with E-state index in [0.717, 1.165) is 0 Å². The monoisotopic (exact) mass is 166 g/mol. The summed E-state index contributed by atoms with van der Waals surface area (Å²) in [5.74, 6) is 0. The minimum absolute atomic E-state index is 0.107. The molecule has 1 rings (SSSR count). The first-order valence-electron chi connectivity index (χ1n) is 3.84. The SMILES string of the molecule is N#CC[C@@H]1CO[C@@H](CC#N)CO1. The van der Waals surface area contributed by atoms with Crippen LogP contribution >= 0.6 is 0 Å². The van der Waals surface area contributed by atoms with Crippen LogP contribution in [0.3, 0.4) is 0 Å². The van der Waals surface area contributed by atoms with Crippen molar-refractivity contribution >= 4 is 0 Å². The second-order valence-electron chi connectivity index (χ2n) is 2.64. The molecule has 0 N–H and O–H groups in total. The third-order valence-corrected chi connectivity index (χ3v) is 1.67. The van der Waals surface area contributed by atoms with Gasteiger partial charge in [-0.25, -0.2) is 0 Å². The predicted molar refractivity (Wildman–Crippen MR) is 39.9 cm³/mol. The summed E-state index contributed by atoms with van der Waals surface area (Å²) in [5.41, 5.74) is 0. The van der Waals surface area contributed by atoms with Crippen LogP contribution in [0.25, 0.3) is 0 Å².